The summed E-state index contributed by atoms with van der Waals surface area (Å²) < 4.78 is 16.3. The maximum atomic E-state index is 12.9. The highest BCUT2D eigenvalue weighted by Gasteiger charge is 2.32. The van der Waals surface area contributed by atoms with Gasteiger partial charge in [-0.3, -0.25) is 4.79 Å². The van der Waals surface area contributed by atoms with Crippen LogP contribution in [-0.4, -0.2) is 41.3 Å². The molecule has 31 heavy (non-hydrogen) atoms. The molecule has 160 valence electrons. The van der Waals surface area contributed by atoms with Crippen molar-refractivity contribution in [2.24, 2.45) is 0 Å². The van der Waals surface area contributed by atoms with Crippen molar-refractivity contribution in [3.8, 4) is 23.0 Å². The molecule has 3 aromatic rings. The molecule has 0 N–H and O–H groups in total. The quantitative estimate of drug-likeness (QED) is 0.477. The van der Waals surface area contributed by atoms with E-state index in [1.165, 1.54) is 0 Å². The summed E-state index contributed by atoms with van der Waals surface area (Å²) in [7, 11) is 3.18. The zero-order valence-electron chi connectivity index (χ0n) is 17.2. The molecule has 1 heterocycles. The first-order chi connectivity index (χ1) is 15.1. The molecule has 1 aliphatic carbocycles. The summed E-state index contributed by atoms with van der Waals surface area (Å²) >= 11 is 5.93. The van der Waals surface area contributed by atoms with Crippen molar-refractivity contribution in [3.05, 3.63) is 65.0 Å². The predicted octanol–water partition coefficient (Wildman–Crippen LogP) is 4.61. The third-order valence-corrected chi connectivity index (χ3v) is 5.18. The number of hydrogen-bond donors (Lipinski definition) is 0. The van der Waals surface area contributed by atoms with Gasteiger partial charge in [0.2, 0.25) is 17.7 Å². The number of nitrogens with zero attached hydrogens (tertiary/aromatic N) is 3. The van der Waals surface area contributed by atoms with Crippen LogP contribution in [0.2, 0.25) is 5.02 Å². The maximum absolute atomic E-state index is 12.9. The third kappa shape index (κ3) is 5.24. The molecule has 7 nitrogen and oxygen atoms in total. The minimum absolute atomic E-state index is 0.115. The maximum Gasteiger partial charge on any atom is 0.247 e. The first-order valence-electron chi connectivity index (χ1n) is 9.86. The van der Waals surface area contributed by atoms with Crippen LogP contribution < -0.4 is 9.47 Å². The molecule has 0 unspecified atom stereocenters. The Morgan fingerprint density at radius 3 is 2.42 bits per heavy atom. The van der Waals surface area contributed by atoms with Crippen molar-refractivity contribution in [1.29, 1.82) is 0 Å². The summed E-state index contributed by atoms with van der Waals surface area (Å²) in [5.74, 6) is 1.99. The molecular formula is C23H22ClN3O4. The average Bonchev–Trinajstić information content (AvgIpc) is 3.53. The molecule has 0 bridgehead atoms. The van der Waals surface area contributed by atoms with Gasteiger partial charge >= 0.3 is 0 Å². The van der Waals surface area contributed by atoms with Crippen LogP contribution in [-0.2, 0) is 11.3 Å². The first kappa shape index (κ1) is 20.9. The van der Waals surface area contributed by atoms with E-state index in [9.17, 15) is 4.79 Å². The number of benzene rings is 2. The molecule has 1 aromatic heterocycles. The van der Waals surface area contributed by atoms with Crippen molar-refractivity contribution >= 4 is 23.6 Å². The van der Waals surface area contributed by atoms with E-state index in [-0.39, 0.29) is 18.5 Å². The molecule has 8 heteroatoms. The van der Waals surface area contributed by atoms with Gasteiger partial charge in [-0.2, -0.15) is 0 Å². The standard InChI is InChI=1S/C23H22ClN3O4/c1-29-19-11-15(12-20(13-19)30-2)3-10-22(28)27(18-8-9-18)14-21-25-26-23(31-21)16-4-6-17(24)7-5-16/h3-7,10-13,18H,8-9,14H2,1-2H3/b10-3+. The number of rotatable bonds is 8. The molecule has 1 saturated carbocycles. The summed E-state index contributed by atoms with van der Waals surface area (Å²) in [6.07, 6.45) is 5.22. The smallest absolute Gasteiger partial charge is 0.247 e. The van der Waals surface area contributed by atoms with Crippen molar-refractivity contribution < 1.29 is 18.7 Å². The highest BCUT2D eigenvalue weighted by molar-refractivity contribution is 6.30. The number of carbonyl (C=O) groups is 1. The Kier molecular flexibility index (Phi) is 6.23. The summed E-state index contributed by atoms with van der Waals surface area (Å²) in [5.41, 5.74) is 1.59. The van der Waals surface area contributed by atoms with Gasteiger partial charge in [0.25, 0.3) is 0 Å². The van der Waals surface area contributed by atoms with Crippen molar-refractivity contribution in [2.45, 2.75) is 25.4 Å². The van der Waals surface area contributed by atoms with E-state index >= 15 is 0 Å². The molecule has 2 aromatic carbocycles. The Morgan fingerprint density at radius 1 is 1.13 bits per heavy atom. The molecule has 4 rings (SSSR count). The monoisotopic (exact) mass is 439 g/mol. The molecule has 0 saturated heterocycles. The minimum Gasteiger partial charge on any atom is -0.497 e. The van der Waals surface area contributed by atoms with Crippen LogP contribution in [0.4, 0.5) is 0 Å². The molecular weight excluding hydrogens is 418 g/mol. The fourth-order valence-corrected chi connectivity index (χ4v) is 3.26. The molecule has 0 spiro atoms. The fourth-order valence-electron chi connectivity index (χ4n) is 3.13. The number of ether oxygens (including phenoxy) is 2. The highest BCUT2D eigenvalue weighted by Crippen LogP contribution is 2.30. The molecule has 0 aliphatic heterocycles. The molecule has 0 atom stereocenters. The summed E-state index contributed by atoms with van der Waals surface area (Å²) in [6, 6.07) is 12.8. The average molecular weight is 440 g/mol. The van der Waals surface area contributed by atoms with Crippen LogP contribution in [0.5, 0.6) is 11.5 Å². The fraction of sp³-hybridized carbons (Fsp3) is 0.261. The lowest BCUT2D eigenvalue weighted by Gasteiger charge is -2.18. The topological polar surface area (TPSA) is 77.7 Å². The summed E-state index contributed by atoms with van der Waals surface area (Å²) in [4.78, 5) is 14.7. The molecule has 0 radical (unpaired) electrons. The Hall–Kier alpha value is -3.32. The lowest BCUT2D eigenvalue weighted by molar-refractivity contribution is -0.127. The second-order valence-corrected chi connectivity index (χ2v) is 7.62. The zero-order valence-corrected chi connectivity index (χ0v) is 18.0. The lowest BCUT2D eigenvalue weighted by atomic mass is 10.2. The van der Waals surface area contributed by atoms with Crippen LogP contribution in [0.15, 0.2) is 53.0 Å². The van der Waals surface area contributed by atoms with Crippen molar-refractivity contribution in [2.75, 3.05) is 14.2 Å². The molecule has 1 aliphatic rings. The van der Waals surface area contributed by atoms with Crippen molar-refractivity contribution in [1.82, 2.24) is 15.1 Å². The first-order valence-corrected chi connectivity index (χ1v) is 10.2. The van der Waals surface area contributed by atoms with E-state index in [0.29, 0.717) is 28.3 Å². The predicted molar refractivity (Wildman–Crippen MR) is 117 cm³/mol. The Labute approximate surface area is 185 Å². The second-order valence-electron chi connectivity index (χ2n) is 7.18. The van der Waals surface area contributed by atoms with E-state index in [0.717, 1.165) is 24.0 Å². The number of hydrogen-bond acceptors (Lipinski definition) is 6. The number of carbonyl (C=O) groups excluding carboxylic acids is 1. The third-order valence-electron chi connectivity index (χ3n) is 4.93. The van der Waals surface area contributed by atoms with Crippen LogP contribution in [0.3, 0.4) is 0 Å². The van der Waals surface area contributed by atoms with Gasteiger partial charge in [0.1, 0.15) is 11.5 Å². The number of aromatic nitrogens is 2. The number of methoxy groups -OCH3 is 2. The van der Waals surface area contributed by atoms with Gasteiger partial charge in [0, 0.05) is 28.8 Å². The zero-order chi connectivity index (χ0) is 21.8. The SMILES string of the molecule is COc1cc(/C=C/C(=O)N(Cc2nnc(-c3ccc(Cl)cc3)o2)C2CC2)cc(OC)c1. The van der Waals surface area contributed by atoms with Gasteiger partial charge < -0.3 is 18.8 Å². The largest absolute Gasteiger partial charge is 0.497 e. The van der Waals surface area contributed by atoms with E-state index < -0.39 is 0 Å². The lowest BCUT2D eigenvalue weighted by Crippen LogP contribution is -2.31. The number of amides is 1. The van der Waals surface area contributed by atoms with E-state index in [1.54, 1.807) is 49.5 Å². The van der Waals surface area contributed by atoms with Gasteiger partial charge in [0.05, 0.1) is 20.8 Å². The Bertz CT molecular complexity index is 1070. The van der Waals surface area contributed by atoms with Gasteiger partial charge in [-0.25, -0.2) is 0 Å². The van der Waals surface area contributed by atoms with E-state index in [2.05, 4.69) is 10.2 Å². The second kappa shape index (κ2) is 9.22. The van der Waals surface area contributed by atoms with Crippen LogP contribution in [0.1, 0.15) is 24.3 Å². The van der Waals surface area contributed by atoms with E-state index in [1.807, 2.05) is 24.3 Å². The Morgan fingerprint density at radius 2 is 1.81 bits per heavy atom. The Balaban J connectivity index is 1.48. The summed E-state index contributed by atoms with van der Waals surface area (Å²) in [5, 5.41) is 8.84. The van der Waals surface area contributed by atoms with Gasteiger partial charge in [-0.05, 0) is 60.9 Å². The van der Waals surface area contributed by atoms with Gasteiger partial charge in [-0.1, -0.05) is 11.6 Å². The van der Waals surface area contributed by atoms with Gasteiger partial charge in [-0.15, -0.1) is 10.2 Å². The van der Waals surface area contributed by atoms with Crippen molar-refractivity contribution in [3.63, 3.8) is 0 Å². The van der Waals surface area contributed by atoms with Crippen LogP contribution in [0, 0.1) is 0 Å². The highest BCUT2D eigenvalue weighted by atomic mass is 35.5. The van der Waals surface area contributed by atoms with Crippen LogP contribution in [0.25, 0.3) is 17.5 Å². The summed E-state index contributed by atoms with van der Waals surface area (Å²) in [6.45, 7) is 0.260. The van der Waals surface area contributed by atoms with E-state index in [4.69, 9.17) is 25.5 Å². The molecule has 1 fully saturated rings. The normalized spacial score (nSPS) is 13.4. The van der Waals surface area contributed by atoms with Gasteiger partial charge in [0.15, 0.2) is 0 Å². The number of halogens is 1. The van der Waals surface area contributed by atoms with Crippen LogP contribution >= 0.6 is 11.6 Å². The molecule has 1 amide bonds. The minimum atomic E-state index is -0.115.